The first-order valence-electron chi connectivity index (χ1n) is 11.2. The van der Waals surface area contributed by atoms with E-state index in [-0.39, 0.29) is 11.8 Å². The minimum atomic E-state index is -1.14. The van der Waals surface area contributed by atoms with Crippen molar-refractivity contribution in [1.82, 2.24) is 35.7 Å². The molecule has 10 heteroatoms. The minimum absolute atomic E-state index is 0.0636. The predicted octanol–water partition coefficient (Wildman–Crippen LogP) is 2.05. The van der Waals surface area contributed by atoms with Gasteiger partial charge in [0.15, 0.2) is 5.82 Å². The van der Waals surface area contributed by atoms with Crippen molar-refractivity contribution in [2.24, 2.45) is 0 Å². The summed E-state index contributed by atoms with van der Waals surface area (Å²) >= 11 is 0. The first-order valence-corrected chi connectivity index (χ1v) is 11.2. The number of aryl methyl sites for hydroxylation is 1. The third-order valence-electron chi connectivity index (χ3n) is 6.60. The van der Waals surface area contributed by atoms with Crippen LogP contribution in [-0.2, 0) is 10.3 Å². The highest BCUT2D eigenvalue weighted by Crippen LogP contribution is 2.28. The highest BCUT2D eigenvalue weighted by atomic mass is 16.2. The summed E-state index contributed by atoms with van der Waals surface area (Å²) in [6, 6.07) is 14.2. The Bertz CT molecular complexity index is 1240. The fourth-order valence-electron chi connectivity index (χ4n) is 4.39. The standard InChI is InChI=1S/C24H25N7O3/c1-15-3-9-19(10-4-15)31-28-20(27-29-31)16-11-13-30(14-12-16)21(32)17-5-7-18(8-6-17)24(2)22(33)25-23(34)26-24/h3-10,16H,11-14H2,1-2H3,(H2,25,26,33,34). The second-order valence-electron chi connectivity index (χ2n) is 8.95. The lowest BCUT2D eigenvalue weighted by Crippen LogP contribution is -2.40. The van der Waals surface area contributed by atoms with E-state index in [0.29, 0.717) is 30.0 Å². The molecule has 3 aromatic rings. The lowest BCUT2D eigenvalue weighted by atomic mass is 9.91. The fourth-order valence-corrected chi connectivity index (χ4v) is 4.39. The van der Waals surface area contributed by atoms with Crippen LogP contribution in [0.25, 0.3) is 5.69 Å². The molecule has 10 nitrogen and oxygen atoms in total. The summed E-state index contributed by atoms with van der Waals surface area (Å²) in [7, 11) is 0. The van der Waals surface area contributed by atoms with Crippen molar-refractivity contribution in [3.8, 4) is 5.69 Å². The molecule has 0 bridgehead atoms. The van der Waals surface area contributed by atoms with Crippen molar-refractivity contribution in [2.45, 2.75) is 38.1 Å². The van der Waals surface area contributed by atoms with Gasteiger partial charge < -0.3 is 10.2 Å². The van der Waals surface area contributed by atoms with Crippen LogP contribution >= 0.6 is 0 Å². The van der Waals surface area contributed by atoms with E-state index in [1.807, 2.05) is 36.1 Å². The van der Waals surface area contributed by atoms with Gasteiger partial charge in [-0.3, -0.25) is 14.9 Å². The maximum Gasteiger partial charge on any atom is 0.322 e. The zero-order chi connectivity index (χ0) is 23.9. The number of urea groups is 1. The quantitative estimate of drug-likeness (QED) is 0.576. The van der Waals surface area contributed by atoms with Gasteiger partial charge in [0.1, 0.15) is 5.54 Å². The fraction of sp³-hybridized carbons (Fsp3) is 0.333. The van der Waals surface area contributed by atoms with Crippen molar-refractivity contribution in [3.63, 3.8) is 0 Å². The third-order valence-corrected chi connectivity index (χ3v) is 6.60. The molecule has 1 unspecified atom stereocenters. The van der Waals surface area contributed by atoms with Gasteiger partial charge in [0.2, 0.25) is 0 Å². The molecule has 2 aliphatic rings. The Labute approximate surface area is 196 Å². The number of hydrogen-bond acceptors (Lipinski definition) is 6. The normalized spacial score (nSPS) is 20.8. The van der Waals surface area contributed by atoms with Crippen LogP contribution in [0.2, 0.25) is 0 Å². The number of amides is 4. The molecule has 0 spiro atoms. The number of aromatic nitrogens is 4. The van der Waals surface area contributed by atoms with Gasteiger partial charge in [-0.05, 0) is 61.7 Å². The summed E-state index contributed by atoms with van der Waals surface area (Å²) in [5, 5.41) is 17.9. The Kier molecular flexibility index (Phi) is 5.35. The van der Waals surface area contributed by atoms with Gasteiger partial charge in [-0.25, -0.2) is 4.79 Å². The predicted molar refractivity (Wildman–Crippen MR) is 122 cm³/mol. The average molecular weight is 460 g/mol. The highest BCUT2D eigenvalue weighted by molar-refractivity contribution is 6.07. The molecule has 2 fully saturated rings. The van der Waals surface area contributed by atoms with Gasteiger partial charge in [0, 0.05) is 24.6 Å². The summed E-state index contributed by atoms with van der Waals surface area (Å²) in [4.78, 5) is 40.0. The van der Waals surface area contributed by atoms with E-state index in [0.717, 1.165) is 18.5 Å². The molecule has 3 heterocycles. The number of tetrazole rings is 1. The molecule has 0 aliphatic carbocycles. The summed E-state index contributed by atoms with van der Waals surface area (Å²) in [6.45, 7) is 4.86. The molecule has 34 heavy (non-hydrogen) atoms. The van der Waals surface area contributed by atoms with Crippen LogP contribution in [0, 0.1) is 6.92 Å². The maximum atomic E-state index is 13.0. The molecular weight excluding hydrogens is 434 g/mol. The molecule has 1 atom stereocenters. The van der Waals surface area contributed by atoms with Gasteiger partial charge in [-0.15, -0.1) is 15.0 Å². The zero-order valence-electron chi connectivity index (χ0n) is 19.0. The van der Waals surface area contributed by atoms with Crippen molar-refractivity contribution in [3.05, 3.63) is 71.0 Å². The minimum Gasteiger partial charge on any atom is -0.339 e. The second kappa shape index (κ2) is 8.36. The first-order chi connectivity index (χ1) is 16.3. The van der Waals surface area contributed by atoms with Crippen molar-refractivity contribution >= 4 is 17.8 Å². The van der Waals surface area contributed by atoms with Gasteiger partial charge in [0.25, 0.3) is 11.8 Å². The average Bonchev–Trinajstić information content (AvgIpc) is 3.44. The van der Waals surface area contributed by atoms with Gasteiger partial charge in [0.05, 0.1) is 5.69 Å². The molecule has 174 valence electrons. The van der Waals surface area contributed by atoms with Gasteiger partial charge in [-0.2, -0.15) is 0 Å². The first kappa shape index (κ1) is 21.7. The van der Waals surface area contributed by atoms with Gasteiger partial charge in [-0.1, -0.05) is 29.8 Å². The molecule has 5 rings (SSSR count). The van der Waals surface area contributed by atoms with Crippen LogP contribution in [0.5, 0.6) is 0 Å². The van der Waals surface area contributed by atoms with E-state index < -0.39 is 17.5 Å². The van der Waals surface area contributed by atoms with Crippen LogP contribution in [0.3, 0.4) is 0 Å². The second-order valence-corrected chi connectivity index (χ2v) is 8.95. The maximum absolute atomic E-state index is 13.0. The van der Waals surface area contributed by atoms with Crippen LogP contribution in [0.4, 0.5) is 4.79 Å². The number of piperidine rings is 1. The number of hydrogen-bond donors (Lipinski definition) is 2. The van der Waals surface area contributed by atoms with E-state index in [4.69, 9.17) is 0 Å². The van der Waals surface area contributed by atoms with E-state index in [2.05, 4.69) is 26.0 Å². The monoisotopic (exact) mass is 459 g/mol. The number of carbonyl (C=O) groups excluding carboxylic acids is 3. The van der Waals surface area contributed by atoms with Crippen LogP contribution in [0.15, 0.2) is 48.5 Å². The lowest BCUT2D eigenvalue weighted by Gasteiger charge is -2.31. The molecule has 2 saturated heterocycles. The number of benzene rings is 2. The molecule has 4 amide bonds. The Morgan fingerprint density at radius 2 is 1.71 bits per heavy atom. The van der Waals surface area contributed by atoms with Crippen molar-refractivity contribution in [1.29, 1.82) is 0 Å². The molecule has 2 aliphatic heterocycles. The summed E-state index contributed by atoms with van der Waals surface area (Å²) in [6.07, 6.45) is 1.52. The van der Waals surface area contributed by atoms with Crippen LogP contribution in [0.1, 0.15) is 53.0 Å². The highest BCUT2D eigenvalue weighted by Gasteiger charge is 2.43. The van der Waals surface area contributed by atoms with E-state index in [9.17, 15) is 14.4 Å². The molecule has 0 saturated carbocycles. The Morgan fingerprint density at radius 1 is 1.03 bits per heavy atom. The number of nitrogens with one attached hydrogen (secondary N) is 2. The van der Waals surface area contributed by atoms with E-state index in [1.165, 1.54) is 5.56 Å². The number of carbonyl (C=O) groups is 3. The summed E-state index contributed by atoms with van der Waals surface area (Å²) < 4.78 is 0. The van der Waals surface area contributed by atoms with Gasteiger partial charge >= 0.3 is 6.03 Å². The molecule has 0 radical (unpaired) electrons. The number of nitrogens with zero attached hydrogens (tertiary/aromatic N) is 5. The molecular formula is C24H25N7O3. The van der Waals surface area contributed by atoms with Crippen molar-refractivity contribution < 1.29 is 14.4 Å². The number of rotatable bonds is 4. The third kappa shape index (κ3) is 3.91. The molecule has 2 N–H and O–H groups in total. The van der Waals surface area contributed by atoms with Crippen LogP contribution < -0.4 is 10.6 Å². The largest absolute Gasteiger partial charge is 0.339 e. The molecule has 1 aromatic heterocycles. The van der Waals surface area contributed by atoms with E-state index >= 15 is 0 Å². The number of imide groups is 1. The smallest absolute Gasteiger partial charge is 0.322 e. The Hall–Kier alpha value is -4.08. The Balaban J connectivity index is 1.21. The topological polar surface area (TPSA) is 122 Å². The lowest BCUT2D eigenvalue weighted by molar-refractivity contribution is -0.123. The van der Waals surface area contributed by atoms with Crippen LogP contribution in [-0.4, -0.2) is 56.0 Å². The number of likely N-dealkylation sites (tertiary alicyclic amines) is 1. The Morgan fingerprint density at radius 3 is 2.32 bits per heavy atom. The molecule has 2 aromatic carbocycles. The summed E-state index contributed by atoms with van der Waals surface area (Å²) in [5.74, 6) is 0.370. The van der Waals surface area contributed by atoms with Crippen molar-refractivity contribution in [2.75, 3.05) is 13.1 Å². The SMILES string of the molecule is Cc1ccc(-n2nnc(C3CCN(C(=O)c4ccc(C5(C)NC(=O)NC5=O)cc4)CC3)n2)cc1. The van der Waals surface area contributed by atoms with E-state index in [1.54, 1.807) is 36.0 Å². The summed E-state index contributed by atoms with van der Waals surface area (Å²) in [5.41, 5.74) is 2.05. The zero-order valence-corrected chi connectivity index (χ0v) is 19.0.